The van der Waals surface area contributed by atoms with E-state index < -0.39 is 0 Å². The van der Waals surface area contributed by atoms with Crippen molar-refractivity contribution in [3.05, 3.63) is 23.9 Å². The molecule has 2 heterocycles. The van der Waals surface area contributed by atoms with Gasteiger partial charge in [0.25, 0.3) is 0 Å². The number of hydrogen-bond donors (Lipinski definition) is 1. The summed E-state index contributed by atoms with van der Waals surface area (Å²) < 4.78 is 11.5. The van der Waals surface area contributed by atoms with Crippen LogP contribution in [0.2, 0.25) is 0 Å². The third kappa shape index (κ3) is 2.50. The average molecular weight is 272 g/mol. The van der Waals surface area contributed by atoms with Crippen molar-refractivity contribution >= 4 is 16.6 Å². The standard InChI is InChI=1S/C16H20N2O2/c1-3-5-17-13-8-11(2)18-14-10-16-15(9-12(13)14)19-6-4-7-20-16/h8-10H,3-7H2,1-2H3,(H,17,18). The Hall–Kier alpha value is -1.97. The second kappa shape index (κ2) is 5.57. The van der Waals surface area contributed by atoms with Crippen LogP contribution in [-0.4, -0.2) is 24.7 Å². The number of benzene rings is 1. The second-order valence-corrected chi connectivity index (χ2v) is 5.10. The number of aryl methyl sites for hydroxylation is 1. The van der Waals surface area contributed by atoms with Crippen molar-refractivity contribution in [2.75, 3.05) is 25.1 Å². The monoisotopic (exact) mass is 272 g/mol. The molecular weight excluding hydrogens is 252 g/mol. The summed E-state index contributed by atoms with van der Waals surface area (Å²) in [7, 11) is 0. The average Bonchev–Trinajstić information content (AvgIpc) is 2.67. The summed E-state index contributed by atoms with van der Waals surface area (Å²) in [5, 5.41) is 4.56. The highest BCUT2D eigenvalue weighted by Crippen LogP contribution is 2.36. The smallest absolute Gasteiger partial charge is 0.163 e. The van der Waals surface area contributed by atoms with Crippen LogP contribution in [0.4, 0.5) is 5.69 Å². The van der Waals surface area contributed by atoms with Crippen LogP contribution in [-0.2, 0) is 0 Å². The summed E-state index contributed by atoms with van der Waals surface area (Å²) in [5.74, 6) is 1.62. The SMILES string of the molecule is CCCNc1cc(C)nc2cc3c(cc12)OCCCO3. The van der Waals surface area contributed by atoms with Crippen LogP contribution in [0.1, 0.15) is 25.5 Å². The highest BCUT2D eigenvalue weighted by atomic mass is 16.5. The van der Waals surface area contributed by atoms with Crippen LogP contribution in [0.3, 0.4) is 0 Å². The molecular formula is C16H20N2O2. The van der Waals surface area contributed by atoms with Gasteiger partial charge in [-0.1, -0.05) is 6.92 Å². The number of hydrogen-bond acceptors (Lipinski definition) is 4. The molecule has 1 N–H and O–H groups in total. The largest absolute Gasteiger partial charge is 0.490 e. The fourth-order valence-corrected chi connectivity index (χ4v) is 2.42. The van der Waals surface area contributed by atoms with E-state index in [1.807, 2.05) is 19.1 Å². The summed E-state index contributed by atoms with van der Waals surface area (Å²) in [4.78, 5) is 4.61. The first-order chi connectivity index (χ1) is 9.78. The molecule has 0 atom stereocenters. The molecule has 0 fully saturated rings. The van der Waals surface area contributed by atoms with E-state index in [0.717, 1.165) is 53.2 Å². The molecule has 0 saturated heterocycles. The van der Waals surface area contributed by atoms with Crippen molar-refractivity contribution in [2.24, 2.45) is 0 Å². The fourth-order valence-electron chi connectivity index (χ4n) is 2.42. The van der Waals surface area contributed by atoms with E-state index >= 15 is 0 Å². The maximum absolute atomic E-state index is 5.77. The van der Waals surface area contributed by atoms with Crippen molar-refractivity contribution in [1.29, 1.82) is 0 Å². The molecule has 106 valence electrons. The van der Waals surface area contributed by atoms with Crippen molar-refractivity contribution in [2.45, 2.75) is 26.7 Å². The van der Waals surface area contributed by atoms with Gasteiger partial charge in [-0.05, 0) is 25.5 Å². The third-order valence-electron chi connectivity index (χ3n) is 3.37. The van der Waals surface area contributed by atoms with Gasteiger partial charge in [0.2, 0.25) is 0 Å². The summed E-state index contributed by atoms with van der Waals surface area (Å²) in [6, 6.07) is 6.11. The molecule has 3 rings (SSSR count). The van der Waals surface area contributed by atoms with E-state index in [1.54, 1.807) is 0 Å². The van der Waals surface area contributed by atoms with E-state index in [2.05, 4.69) is 23.3 Å². The Labute approximate surface area is 119 Å². The van der Waals surface area contributed by atoms with Gasteiger partial charge < -0.3 is 14.8 Å². The van der Waals surface area contributed by atoms with Gasteiger partial charge in [0.15, 0.2) is 11.5 Å². The van der Waals surface area contributed by atoms with Gasteiger partial charge in [-0.15, -0.1) is 0 Å². The lowest BCUT2D eigenvalue weighted by Gasteiger charge is -2.13. The normalized spacial score (nSPS) is 14.1. The molecule has 0 bridgehead atoms. The lowest BCUT2D eigenvalue weighted by Crippen LogP contribution is -2.02. The molecule has 0 radical (unpaired) electrons. The molecule has 0 spiro atoms. The van der Waals surface area contributed by atoms with Crippen LogP contribution in [0.25, 0.3) is 10.9 Å². The van der Waals surface area contributed by atoms with Gasteiger partial charge in [-0.3, -0.25) is 4.98 Å². The molecule has 0 amide bonds. The Morgan fingerprint density at radius 3 is 2.65 bits per heavy atom. The number of nitrogens with zero attached hydrogens (tertiary/aromatic N) is 1. The first kappa shape index (κ1) is 13.0. The Morgan fingerprint density at radius 2 is 1.90 bits per heavy atom. The fraction of sp³-hybridized carbons (Fsp3) is 0.438. The minimum atomic E-state index is 0.700. The number of aromatic nitrogens is 1. The predicted octanol–water partition coefficient (Wildman–Crippen LogP) is 3.53. The van der Waals surface area contributed by atoms with E-state index in [9.17, 15) is 0 Å². The maximum Gasteiger partial charge on any atom is 0.163 e. The molecule has 0 unspecified atom stereocenters. The number of nitrogens with one attached hydrogen (secondary N) is 1. The summed E-state index contributed by atoms with van der Waals surface area (Å²) >= 11 is 0. The zero-order valence-electron chi connectivity index (χ0n) is 12.0. The van der Waals surface area contributed by atoms with E-state index in [4.69, 9.17) is 9.47 Å². The molecule has 1 aliphatic heterocycles. The predicted molar refractivity (Wildman–Crippen MR) is 80.9 cm³/mol. The van der Waals surface area contributed by atoms with Crippen LogP contribution in [0.5, 0.6) is 11.5 Å². The van der Waals surface area contributed by atoms with Gasteiger partial charge in [0.1, 0.15) is 0 Å². The van der Waals surface area contributed by atoms with Crippen molar-refractivity contribution in [3.63, 3.8) is 0 Å². The minimum absolute atomic E-state index is 0.700. The molecule has 20 heavy (non-hydrogen) atoms. The zero-order valence-corrected chi connectivity index (χ0v) is 12.0. The highest BCUT2D eigenvalue weighted by Gasteiger charge is 2.14. The summed E-state index contributed by atoms with van der Waals surface area (Å²) in [6.07, 6.45) is 2.01. The van der Waals surface area contributed by atoms with Gasteiger partial charge in [0.05, 0.1) is 18.7 Å². The topological polar surface area (TPSA) is 43.4 Å². The number of pyridine rings is 1. The molecule has 1 aliphatic rings. The Kier molecular flexibility index (Phi) is 3.63. The Balaban J connectivity index is 2.12. The first-order valence-electron chi connectivity index (χ1n) is 7.23. The number of fused-ring (bicyclic) bond motifs is 2. The minimum Gasteiger partial charge on any atom is -0.490 e. The van der Waals surface area contributed by atoms with Crippen molar-refractivity contribution in [1.82, 2.24) is 4.98 Å². The highest BCUT2D eigenvalue weighted by molar-refractivity contribution is 5.94. The molecule has 4 nitrogen and oxygen atoms in total. The molecule has 2 aromatic rings. The van der Waals surface area contributed by atoms with Gasteiger partial charge in [-0.25, -0.2) is 0 Å². The lowest BCUT2D eigenvalue weighted by molar-refractivity contribution is 0.297. The maximum atomic E-state index is 5.77. The number of ether oxygens (including phenoxy) is 2. The van der Waals surface area contributed by atoms with Crippen LogP contribution in [0.15, 0.2) is 18.2 Å². The Morgan fingerprint density at radius 1 is 1.15 bits per heavy atom. The second-order valence-electron chi connectivity index (χ2n) is 5.10. The van der Waals surface area contributed by atoms with Crippen LogP contribution < -0.4 is 14.8 Å². The zero-order chi connectivity index (χ0) is 13.9. The van der Waals surface area contributed by atoms with Crippen LogP contribution in [0, 0.1) is 6.92 Å². The number of anilines is 1. The summed E-state index contributed by atoms with van der Waals surface area (Å²) in [5.41, 5.74) is 3.07. The summed E-state index contributed by atoms with van der Waals surface area (Å²) in [6.45, 7) is 6.53. The van der Waals surface area contributed by atoms with Crippen molar-refractivity contribution < 1.29 is 9.47 Å². The van der Waals surface area contributed by atoms with E-state index in [1.165, 1.54) is 0 Å². The van der Waals surface area contributed by atoms with Crippen molar-refractivity contribution in [3.8, 4) is 11.5 Å². The first-order valence-corrected chi connectivity index (χ1v) is 7.23. The molecule has 1 aromatic carbocycles. The quantitative estimate of drug-likeness (QED) is 0.928. The van der Waals surface area contributed by atoms with Gasteiger partial charge in [0, 0.05) is 35.8 Å². The van der Waals surface area contributed by atoms with Crippen LogP contribution >= 0.6 is 0 Å². The van der Waals surface area contributed by atoms with Gasteiger partial charge >= 0.3 is 0 Å². The number of rotatable bonds is 3. The third-order valence-corrected chi connectivity index (χ3v) is 3.37. The molecule has 0 aliphatic carbocycles. The lowest BCUT2D eigenvalue weighted by atomic mass is 10.1. The Bertz CT molecular complexity index is 625. The van der Waals surface area contributed by atoms with E-state index in [-0.39, 0.29) is 0 Å². The molecule has 4 heteroatoms. The van der Waals surface area contributed by atoms with Gasteiger partial charge in [-0.2, -0.15) is 0 Å². The van der Waals surface area contributed by atoms with E-state index in [0.29, 0.717) is 13.2 Å². The molecule has 0 saturated carbocycles. The molecule has 1 aromatic heterocycles.